The van der Waals surface area contributed by atoms with E-state index in [9.17, 15) is 9.90 Å². The van der Waals surface area contributed by atoms with E-state index in [4.69, 9.17) is 9.47 Å². The van der Waals surface area contributed by atoms with Crippen molar-refractivity contribution in [2.45, 2.75) is 51.7 Å². The highest BCUT2D eigenvalue weighted by molar-refractivity contribution is 5.68. The summed E-state index contributed by atoms with van der Waals surface area (Å²) in [5.41, 5.74) is -0.497. The van der Waals surface area contributed by atoms with Crippen LogP contribution >= 0.6 is 0 Å². The molecular formula is C16H29NO4. The predicted octanol–water partition coefficient (Wildman–Crippen LogP) is 2.59. The minimum Gasteiger partial charge on any atom is -0.444 e. The molecule has 0 spiro atoms. The molecule has 2 atom stereocenters. The van der Waals surface area contributed by atoms with Gasteiger partial charge in [0, 0.05) is 19.0 Å². The average molecular weight is 299 g/mol. The Morgan fingerprint density at radius 1 is 1.57 bits per heavy atom. The molecule has 0 aromatic rings. The van der Waals surface area contributed by atoms with Crippen molar-refractivity contribution in [3.05, 3.63) is 12.7 Å². The van der Waals surface area contributed by atoms with Crippen molar-refractivity contribution in [1.82, 2.24) is 4.90 Å². The van der Waals surface area contributed by atoms with Crippen LogP contribution in [0.15, 0.2) is 12.7 Å². The van der Waals surface area contributed by atoms with Crippen LogP contribution in [0.4, 0.5) is 4.79 Å². The van der Waals surface area contributed by atoms with Crippen LogP contribution in [0.5, 0.6) is 0 Å². The van der Waals surface area contributed by atoms with E-state index in [2.05, 4.69) is 6.58 Å². The molecule has 1 aliphatic heterocycles. The molecule has 0 saturated carbocycles. The zero-order valence-corrected chi connectivity index (χ0v) is 13.5. The lowest BCUT2D eigenvalue weighted by Crippen LogP contribution is -2.40. The molecule has 0 aromatic carbocycles. The van der Waals surface area contributed by atoms with Crippen LogP contribution in [0.3, 0.4) is 0 Å². The summed E-state index contributed by atoms with van der Waals surface area (Å²) in [7, 11) is 0. The van der Waals surface area contributed by atoms with Gasteiger partial charge in [0.05, 0.1) is 19.3 Å². The standard InChI is InChI=1S/C16H29NO4/c1-5-6-7-14(18)10-13-11-17(8-9-20-12-13)15(19)21-16(2,3)4/h5,13-14,18H,1,6-12H2,2-4H3. The third kappa shape index (κ3) is 7.48. The number of carbonyl (C=O) groups excluding carboxylic acids is 1. The Morgan fingerprint density at radius 2 is 2.29 bits per heavy atom. The van der Waals surface area contributed by atoms with E-state index in [0.29, 0.717) is 39.1 Å². The second-order valence-corrected chi connectivity index (χ2v) is 6.62. The minimum absolute atomic E-state index is 0.139. The number of aliphatic hydroxyl groups excluding tert-OH is 1. The Kier molecular flexibility index (Phi) is 7.18. The molecule has 1 aliphatic rings. The van der Waals surface area contributed by atoms with Crippen molar-refractivity contribution in [3.8, 4) is 0 Å². The van der Waals surface area contributed by atoms with Crippen molar-refractivity contribution >= 4 is 6.09 Å². The lowest BCUT2D eigenvalue weighted by molar-refractivity contribution is 0.0221. The van der Waals surface area contributed by atoms with Crippen molar-refractivity contribution in [1.29, 1.82) is 0 Å². The molecule has 1 saturated heterocycles. The number of carbonyl (C=O) groups is 1. The van der Waals surface area contributed by atoms with Crippen molar-refractivity contribution < 1.29 is 19.4 Å². The van der Waals surface area contributed by atoms with E-state index in [0.717, 1.165) is 6.42 Å². The summed E-state index contributed by atoms with van der Waals surface area (Å²) in [6.45, 7) is 11.4. The highest BCUT2D eigenvalue weighted by atomic mass is 16.6. The Morgan fingerprint density at radius 3 is 2.90 bits per heavy atom. The monoisotopic (exact) mass is 299 g/mol. The van der Waals surface area contributed by atoms with Crippen LogP contribution in [0.25, 0.3) is 0 Å². The van der Waals surface area contributed by atoms with Gasteiger partial charge in [0.2, 0.25) is 0 Å². The Labute approximate surface area is 127 Å². The van der Waals surface area contributed by atoms with Gasteiger partial charge in [-0.1, -0.05) is 6.08 Å². The van der Waals surface area contributed by atoms with Gasteiger partial charge in [0.15, 0.2) is 0 Å². The quantitative estimate of drug-likeness (QED) is 0.793. The lowest BCUT2D eigenvalue weighted by Gasteiger charge is -2.28. The molecule has 5 nitrogen and oxygen atoms in total. The number of ether oxygens (including phenoxy) is 2. The fourth-order valence-electron chi connectivity index (χ4n) is 2.33. The number of amides is 1. The molecule has 1 amide bonds. The van der Waals surface area contributed by atoms with E-state index < -0.39 is 5.60 Å². The normalized spacial score (nSPS) is 21.5. The topological polar surface area (TPSA) is 59.0 Å². The summed E-state index contributed by atoms with van der Waals surface area (Å²) in [5, 5.41) is 10.00. The Bertz CT molecular complexity index is 338. The third-order valence-corrected chi connectivity index (χ3v) is 3.30. The molecule has 1 rings (SSSR count). The highest BCUT2D eigenvalue weighted by Gasteiger charge is 2.27. The number of hydrogen-bond acceptors (Lipinski definition) is 4. The first-order chi connectivity index (χ1) is 9.81. The summed E-state index contributed by atoms with van der Waals surface area (Å²) in [6, 6.07) is 0. The first-order valence-corrected chi connectivity index (χ1v) is 7.66. The fourth-order valence-corrected chi connectivity index (χ4v) is 2.33. The van der Waals surface area contributed by atoms with Gasteiger partial charge >= 0.3 is 6.09 Å². The second-order valence-electron chi connectivity index (χ2n) is 6.62. The molecule has 2 unspecified atom stereocenters. The summed E-state index contributed by atoms with van der Waals surface area (Å²) in [6.07, 6.45) is 3.25. The van der Waals surface area contributed by atoms with Crippen molar-refractivity contribution in [3.63, 3.8) is 0 Å². The first-order valence-electron chi connectivity index (χ1n) is 7.66. The smallest absolute Gasteiger partial charge is 0.410 e. The van der Waals surface area contributed by atoms with Gasteiger partial charge in [-0.2, -0.15) is 0 Å². The second kappa shape index (κ2) is 8.39. The van der Waals surface area contributed by atoms with Crippen LogP contribution in [-0.4, -0.2) is 54.1 Å². The van der Waals surface area contributed by atoms with Crippen LogP contribution in [0.2, 0.25) is 0 Å². The maximum Gasteiger partial charge on any atom is 0.410 e. The van der Waals surface area contributed by atoms with E-state index in [1.165, 1.54) is 0 Å². The maximum absolute atomic E-state index is 12.1. The first kappa shape index (κ1) is 18.0. The molecule has 0 bridgehead atoms. The summed E-state index contributed by atoms with van der Waals surface area (Å²) < 4.78 is 10.9. The summed E-state index contributed by atoms with van der Waals surface area (Å²) in [5.74, 6) is 0.139. The van der Waals surface area contributed by atoms with Gasteiger partial charge in [0.25, 0.3) is 0 Å². The van der Waals surface area contributed by atoms with E-state index >= 15 is 0 Å². The molecule has 0 aliphatic carbocycles. The number of aliphatic hydroxyl groups is 1. The molecule has 5 heteroatoms. The van der Waals surface area contributed by atoms with Crippen LogP contribution in [0, 0.1) is 5.92 Å². The van der Waals surface area contributed by atoms with E-state index in [1.54, 1.807) is 11.0 Å². The zero-order valence-electron chi connectivity index (χ0n) is 13.5. The van der Waals surface area contributed by atoms with Gasteiger partial charge < -0.3 is 19.5 Å². The molecule has 21 heavy (non-hydrogen) atoms. The van der Waals surface area contributed by atoms with Crippen molar-refractivity contribution in [2.75, 3.05) is 26.3 Å². The molecule has 1 fully saturated rings. The SMILES string of the molecule is C=CCCC(O)CC1COCCN(C(=O)OC(C)(C)C)C1. The number of allylic oxidation sites excluding steroid dienone is 1. The van der Waals surface area contributed by atoms with Crippen LogP contribution < -0.4 is 0 Å². The van der Waals surface area contributed by atoms with Gasteiger partial charge in [-0.3, -0.25) is 0 Å². The molecule has 1 heterocycles. The number of hydrogen-bond donors (Lipinski definition) is 1. The lowest BCUT2D eigenvalue weighted by atomic mass is 9.99. The average Bonchev–Trinajstić information content (AvgIpc) is 2.60. The van der Waals surface area contributed by atoms with Gasteiger partial charge in [0.1, 0.15) is 5.60 Å². The molecule has 0 radical (unpaired) electrons. The highest BCUT2D eigenvalue weighted by Crippen LogP contribution is 2.18. The largest absolute Gasteiger partial charge is 0.444 e. The molecule has 122 valence electrons. The predicted molar refractivity (Wildman–Crippen MR) is 82.2 cm³/mol. The van der Waals surface area contributed by atoms with E-state index in [1.807, 2.05) is 20.8 Å². The fraction of sp³-hybridized carbons (Fsp3) is 0.812. The zero-order chi connectivity index (χ0) is 15.9. The summed E-state index contributed by atoms with van der Waals surface area (Å²) in [4.78, 5) is 13.8. The minimum atomic E-state index is -0.497. The van der Waals surface area contributed by atoms with Gasteiger partial charge in [-0.25, -0.2) is 4.79 Å². The maximum atomic E-state index is 12.1. The van der Waals surface area contributed by atoms with Gasteiger partial charge in [-0.15, -0.1) is 6.58 Å². The van der Waals surface area contributed by atoms with E-state index in [-0.39, 0.29) is 18.1 Å². The number of nitrogens with zero attached hydrogens (tertiary/aromatic N) is 1. The molecule has 0 aromatic heterocycles. The third-order valence-electron chi connectivity index (χ3n) is 3.30. The summed E-state index contributed by atoms with van der Waals surface area (Å²) >= 11 is 0. The molecular weight excluding hydrogens is 270 g/mol. The Balaban J connectivity index is 2.51. The van der Waals surface area contributed by atoms with Gasteiger partial charge in [-0.05, 0) is 40.0 Å². The number of rotatable bonds is 5. The van der Waals surface area contributed by atoms with Crippen LogP contribution in [-0.2, 0) is 9.47 Å². The van der Waals surface area contributed by atoms with Crippen LogP contribution in [0.1, 0.15) is 40.0 Å². The molecule has 1 N–H and O–H groups in total. The van der Waals surface area contributed by atoms with Crippen molar-refractivity contribution in [2.24, 2.45) is 5.92 Å². The Hall–Kier alpha value is -1.07.